The molecule has 0 saturated carbocycles. The summed E-state index contributed by atoms with van der Waals surface area (Å²) in [5.41, 5.74) is 5.81. The van der Waals surface area contributed by atoms with E-state index >= 15 is 0 Å². The van der Waals surface area contributed by atoms with Gasteiger partial charge in [-0.25, -0.2) is 9.78 Å². The van der Waals surface area contributed by atoms with E-state index in [1.165, 1.54) is 4.57 Å². The third-order valence-corrected chi connectivity index (χ3v) is 2.95. The molecule has 0 bridgehead atoms. The third kappa shape index (κ3) is 1.67. The Bertz CT molecular complexity index is 692. The molecule has 1 unspecified atom stereocenters. The van der Waals surface area contributed by atoms with Gasteiger partial charge in [0.05, 0.1) is 6.04 Å². The maximum absolute atomic E-state index is 11.9. The van der Waals surface area contributed by atoms with Crippen molar-refractivity contribution in [2.24, 2.45) is 5.73 Å². The molecule has 2 rings (SSSR count). The summed E-state index contributed by atoms with van der Waals surface area (Å²) >= 11 is 0. The Labute approximate surface area is 103 Å². The monoisotopic (exact) mass is 251 g/mol. The highest BCUT2D eigenvalue weighted by Gasteiger charge is 2.18. The van der Waals surface area contributed by atoms with Crippen molar-refractivity contribution in [2.75, 3.05) is 0 Å². The zero-order valence-electron chi connectivity index (χ0n) is 10.7. The van der Waals surface area contributed by atoms with Gasteiger partial charge in [0, 0.05) is 13.1 Å². The summed E-state index contributed by atoms with van der Waals surface area (Å²) in [5.74, 6) is 0.616. The smallest absolute Gasteiger partial charge is 0.322 e. The van der Waals surface area contributed by atoms with Crippen LogP contribution in [0.3, 0.4) is 0 Å². The van der Waals surface area contributed by atoms with E-state index in [4.69, 9.17) is 5.73 Å². The van der Waals surface area contributed by atoms with E-state index in [0.717, 1.165) is 0 Å². The summed E-state index contributed by atoms with van der Waals surface area (Å²) in [7, 11) is 0. The largest absolute Gasteiger partial charge is 0.330 e. The number of rotatable bonds is 3. The fraction of sp³-hybridized carbons (Fsp3) is 0.545. The number of H-pyrrole nitrogens is 1. The molecule has 0 radical (unpaired) electrons. The molecule has 18 heavy (non-hydrogen) atoms. The number of nitrogens with two attached hydrogens (primary N) is 1. The number of imidazole rings is 1. The molecular weight excluding hydrogens is 234 g/mol. The number of hydrogen-bond acceptors (Lipinski definition) is 4. The van der Waals surface area contributed by atoms with Crippen LogP contribution in [0.5, 0.6) is 0 Å². The van der Waals surface area contributed by atoms with E-state index in [1.54, 1.807) is 11.5 Å². The lowest BCUT2D eigenvalue weighted by Crippen LogP contribution is -2.30. The zero-order chi connectivity index (χ0) is 13.4. The second kappa shape index (κ2) is 4.41. The van der Waals surface area contributed by atoms with Crippen molar-refractivity contribution in [1.29, 1.82) is 0 Å². The molecule has 0 aromatic carbocycles. The Hall–Kier alpha value is -1.89. The third-order valence-electron chi connectivity index (χ3n) is 2.95. The molecule has 0 fully saturated rings. The van der Waals surface area contributed by atoms with Crippen LogP contribution >= 0.6 is 0 Å². The van der Waals surface area contributed by atoms with Gasteiger partial charge in [-0.1, -0.05) is 0 Å². The first-order valence-electron chi connectivity index (χ1n) is 6.00. The van der Waals surface area contributed by atoms with Crippen LogP contribution in [0.4, 0.5) is 0 Å². The molecular formula is C11H17N5O2. The zero-order valence-corrected chi connectivity index (χ0v) is 10.7. The number of aromatic nitrogens is 4. The van der Waals surface area contributed by atoms with Gasteiger partial charge in [0.15, 0.2) is 11.2 Å². The van der Waals surface area contributed by atoms with Crippen LogP contribution in [0.2, 0.25) is 0 Å². The van der Waals surface area contributed by atoms with Crippen LogP contribution in [0, 0.1) is 0 Å². The lowest BCUT2D eigenvalue weighted by Gasteiger charge is -2.07. The number of nitrogens with one attached hydrogen (secondary N) is 1. The Kier molecular flexibility index (Phi) is 3.08. The normalized spacial score (nSPS) is 13.1. The molecule has 1 atom stereocenters. The van der Waals surface area contributed by atoms with Gasteiger partial charge in [-0.3, -0.25) is 14.3 Å². The average Bonchev–Trinajstić information content (AvgIpc) is 2.69. The van der Waals surface area contributed by atoms with Crippen molar-refractivity contribution in [2.45, 2.75) is 39.9 Å². The molecule has 0 amide bonds. The van der Waals surface area contributed by atoms with E-state index < -0.39 is 11.2 Å². The average molecular weight is 251 g/mol. The van der Waals surface area contributed by atoms with Crippen molar-refractivity contribution in [3.05, 3.63) is 26.7 Å². The molecule has 7 heteroatoms. The molecule has 3 N–H and O–H groups in total. The van der Waals surface area contributed by atoms with Gasteiger partial charge in [-0.05, 0) is 20.8 Å². The molecule has 2 aromatic rings. The molecule has 2 aromatic heterocycles. The van der Waals surface area contributed by atoms with Crippen molar-refractivity contribution in [3.8, 4) is 0 Å². The van der Waals surface area contributed by atoms with E-state index in [2.05, 4.69) is 9.97 Å². The van der Waals surface area contributed by atoms with Gasteiger partial charge < -0.3 is 10.3 Å². The Balaban J connectivity index is 3.00. The minimum atomic E-state index is -0.438. The lowest BCUT2D eigenvalue weighted by atomic mass is 10.3. The van der Waals surface area contributed by atoms with Gasteiger partial charge in [-0.15, -0.1) is 0 Å². The van der Waals surface area contributed by atoms with Gasteiger partial charge in [0.1, 0.15) is 5.82 Å². The van der Waals surface area contributed by atoms with Crippen LogP contribution in [0.15, 0.2) is 9.59 Å². The van der Waals surface area contributed by atoms with Gasteiger partial charge in [0.25, 0.3) is 5.56 Å². The number of hydrogen-bond donors (Lipinski definition) is 2. The molecule has 0 saturated heterocycles. The first kappa shape index (κ1) is 12.6. The van der Waals surface area contributed by atoms with Crippen molar-refractivity contribution in [3.63, 3.8) is 0 Å². The number of aromatic amines is 1. The topological polar surface area (TPSA) is 98.7 Å². The molecule has 0 spiro atoms. The maximum Gasteiger partial charge on any atom is 0.330 e. The summed E-state index contributed by atoms with van der Waals surface area (Å²) < 4.78 is 3.19. The highest BCUT2D eigenvalue weighted by atomic mass is 16.2. The van der Waals surface area contributed by atoms with Crippen LogP contribution in [0.1, 0.15) is 32.6 Å². The van der Waals surface area contributed by atoms with Gasteiger partial charge >= 0.3 is 5.69 Å². The highest BCUT2D eigenvalue weighted by Crippen LogP contribution is 2.15. The summed E-state index contributed by atoms with van der Waals surface area (Å²) in [6, 6.07) is -0.294. The molecule has 0 aliphatic heterocycles. The Morgan fingerprint density at radius 1 is 1.28 bits per heavy atom. The number of fused-ring (bicyclic) bond motifs is 1. The predicted molar refractivity (Wildman–Crippen MR) is 68.6 cm³/mol. The van der Waals surface area contributed by atoms with Gasteiger partial charge in [-0.2, -0.15) is 0 Å². The number of aryl methyl sites for hydroxylation is 2. The quantitative estimate of drug-likeness (QED) is 0.798. The van der Waals surface area contributed by atoms with E-state index in [-0.39, 0.29) is 6.04 Å². The van der Waals surface area contributed by atoms with Crippen LogP contribution < -0.4 is 17.0 Å². The maximum atomic E-state index is 11.9. The fourth-order valence-corrected chi connectivity index (χ4v) is 2.15. The molecule has 2 heterocycles. The molecule has 7 nitrogen and oxygen atoms in total. The van der Waals surface area contributed by atoms with E-state index in [9.17, 15) is 9.59 Å². The van der Waals surface area contributed by atoms with Crippen molar-refractivity contribution in [1.82, 2.24) is 19.1 Å². The minimum absolute atomic E-state index is 0.294. The Morgan fingerprint density at radius 3 is 2.39 bits per heavy atom. The van der Waals surface area contributed by atoms with Gasteiger partial charge in [0.2, 0.25) is 0 Å². The molecule has 98 valence electrons. The highest BCUT2D eigenvalue weighted by molar-refractivity contribution is 5.71. The lowest BCUT2D eigenvalue weighted by molar-refractivity contribution is 0.648. The summed E-state index contributed by atoms with van der Waals surface area (Å²) in [6.07, 6.45) is 0. The molecule has 0 aliphatic rings. The van der Waals surface area contributed by atoms with E-state index in [1.807, 2.05) is 13.8 Å². The minimum Gasteiger partial charge on any atom is -0.322 e. The summed E-state index contributed by atoms with van der Waals surface area (Å²) in [6.45, 7) is 6.57. The number of nitrogens with zero attached hydrogens (tertiary/aromatic N) is 3. The second-order valence-electron chi connectivity index (χ2n) is 4.18. The SMILES string of the molecule is CCn1c(C(C)N)nc2c1c(=O)[nH]c(=O)n2CC. The van der Waals surface area contributed by atoms with Crippen LogP contribution in [0.25, 0.3) is 11.2 Å². The summed E-state index contributed by atoms with van der Waals surface area (Å²) in [5, 5.41) is 0. The first-order chi connectivity index (χ1) is 8.51. The van der Waals surface area contributed by atoms with Crippen LogP contribution in [-0.4, -0.2) is 19.1 Å². The van der Waals surface area contributed by atoms with Crippen molar-refractivity contribution < 1.29 is 0 Å². The summed E-state index contributed by atoms with van der Waals surface area (Å²) in [4.78, 5) is 30.3. The fourth-order valence-electron chi connectivity index (χ4n) is 2.15. The second-order valence-corrected chi connectivity index (χ2v) is 4.18. The van der Waals surface area contributed by atoms with E-state index in [0.29, 0.717) is 30.1 Å². The van der Waals surface area contributed by atoms with Crippen LogP contribution in [-0.2, 0) is 13.1 Å². The first-order valence-corrected chi connectivity index (χ1v) is 6.00. The molecule has 0 aliphatic carbocycles. The standard InChI is InChI=1S/C11H17N5O2/c1-4-15-7-9(13-8(15)6(3)12)16(5-2)11(18)14-10(7)17/h6H,4-5,12H2,1-3H3,(H,14,17,18). The van der Waals surface area contributed by atoms with Crippen molar-refractivity contribution >= 4 is 11.2 Å². The predicted octanol–water partition coefficient (Wildman–Crippen LogP) is -0.0542. The Morgan fingerprint density at radius 2 is 1.89 bits per heavy atom.